The average molecular weight is 375 g/mol. The van der Waals surface area contributed by atoms with Crippen molar-refractivity contribution in [3.8, 4) is 16.3 Å². The van der Waals surface area contributed by atoms with E-state index in [4.69, 9.17) is 4.74 Å². The maximum Gasteiger partial charge on any atom is 0.226 e. The quantitative estimate of drug-likeness (QED) is 0.735. The van der Waals surface area contributed by atoms with Crippen LogP contribution in [0, 0.1) is 5.41 Å². The van der Waals surface area contributed by atoms with E-state index in [0.717, 1.165) is 28.4 Å². The van der Waals surface area contributed by atoms with Gasteiger partial charge in [-0.25, -0.2) is 4.98 Å². The minimum absolute atomic E-state index is 0.0165. The van der Waals surface area contributed by atoms with E-state index in [-0.39, 0.29) is 16.9 Å². The van der Waals surface area contributed by atoms with Gasteiger partial charge in [0.2, 0.25) is 5.91 Å². The number of nitrogens with zero attached hydrogens (tertiary/aromatic N) is 1. The largest absolute Gasteiger partial charge is 0.494 e. The number of nitrogens with one attached hydrogen (secondary N) is 1. The molecule has 4 nitrogen and oxygen atoms in total. The smallest absolute Gasteiger partial charge is 0.226 e. The molecule has 1 N–H and O–H groups in total. The molecule has 0 aliphatic heterocycles. The van der Waals surface area contributed by atoms with Gasteiger partial charge in [-0.3, -0.25) is 4.79 Å². The number of thiazole rings is 1. The molecule has 0 radical (unpaired) electrons. The third-order valence-electron chi connectivity index (χ3n) is 3.76. The van der Waals surface area contributed by atoms with Crippen LogP contribution in [0.25, 0.3) is 10.6 Å². The van der Waals surface area contributed by atoms with Crippen LogP contribution in [0.15, 0.2) is 29.6 Å². The third kappa shape index (κ3) is 6.45. The molecule has 1 amide bonds. The Morgan fingerprint density at radius 3 is 2.38 bits per heavy atom. The summed E-state index contributed by atoms with van der Waals surface area (Å²) in [5, 5.41) is 6.02. The van der Waals surface area contributed by atoms with Gasteiger partial charge in [-0.2, -0.15) is 0 Å². The second kappa shape index (κ2) is 8.21. The van der Waals surface area contributed by atoms with Crippen LogP contribution in [-0.2, 0) is 11.2 Å². The Kier molecular flexibility index (Phi) is 6.45. The van der Waals surface area contributed by atoms with Crippen LogP contribution in [0.1, 0.15) is 53.7 Å². The van der Waals surface area contributed by atoms with E-state index < -0.39 is 0 Å². The number of benzene rings is 1. The first kappa shape index (κ1) is 20.4. The molecule has 2 rings (SSSR count). The number of aromatic nitrogens is 1. The maximum atomic E-state index is 12.4. The van der Waals surface area contributed by atoms with Crippen molar-refractivity contribution in [3.63, 3.8) is 0 Å². The highest BCUT2D eigenvalue weighted by Crippen LogP contribution is 2.28. The predicted octanol–water partition coefficient (Wildman–Crippen LogP) is 5.08. The number of hydrogen-bond donors (Lipinski definition) is 1. The fourth-order valence-electron chi connectivity index (χ4n) is 3.34. The zero-order valence-electron chi connectivity index (χ0n) is 16.7. The van der Waals surface area contributed by atoms with Crippen molar-refractivity contribution < 1.29 is 9.53 Å². The van der Waals surface area contributed by atoms with E-state index in [1.807, 2.05) is 36.6 Å². The van der Waals surface area contributed by atoms with Gasteiger partial charge in [-0.05, 0) is 56.9 Å². The molecule has 0 aliphatic rings. The highest BCUT2D eigenvalue weighted by molar-refractivity contribution is 7.13. The average Bonchev–Trinajstić information content (AvgIpc) is 2.93. The van der Waals surface area contributed by atoms with Gasteiger partial charge in [0.15, 0.2) is 0 Å². The SMILES string of the molecule is CCOc1ccc(-c2nc(CC(=O)NC(C)(C)CC(C)(C)C)cs2)cc1. The zero-order chi connectivity index (χ0) is 19.4. The molecular weight excluding hydrogens is 344 g/mol. The lowest BCUT2D eigenvalue weighted by atomic mass is 9.82. The summed E-state index contributed by atoms with van der Waals surface area (Å²) >= 11 is 1.56. The van der Waals surface area contributed by atoms with E-state index in [0.29, 0.717) is 13.0 Å². The first-order valence-electron chi connectivity index (χ1n) is 9.07. The molecule has 1 heterocycles. The molecule has 2 aromatic rings. The van der Waals surface area contributed by atoms with E-state index >= 15 is 0 Å². The molecule has 1 aromatic carbocycles. The van der Waals surface area contributed by atoms with Gasteiger partial charge in [-0.15, -0.1) is 11.3 Å². The lowest BCUT2D eigenvalue weighted by molar-refractivity contribution is -0.122. The molecule has 0 saturated carbocycles. The lowest BCUT2D eigenvalue weighted by Crippen LogP contribution is -2.46. The molecule has 0 spiro atoms. The molecule has 5 heteroatoms. The Bertz CT molecular complexity index is 727. The van der Waals surface area contributed by atoms with Gasteiger partial charge in [0, 0.05) is 16.5 Å². The Hall–Kier alpha value is -1.88. The van der Waals surface area contributed by atoms with Crippen LogP contribution in [-0.4, -0.2) is 23.0 Å². The molecule has 26 heavy (non-hydrogen) atoms. The van der Waals surface area contributed by atoms with E-state index in [1.54, 1.807) is 11.3 Å². The molecule has 0 bridgehead atoms. The Balaban J connectivity index is 1.98. The predicted molar refractivity (Wildman–Crippen MR) is 109 cm³/mol. The van der Waals surface area contributed by atoms with Gasteiger partial charge in [0.1, 0.15) is 10.8 Å². The fraction of sp³-hybridized carbons (Fsp3) is 0.524. The van der Waals surface area contributed by atoms with Crippen LogP contribution in [0.2, 0.25) is 0 Å². The van der Waals surface area contributed by atoms with Crippen molar-refractivity contribution in [1.82, 2.24) is 10.3 Å². The molecule has 0 fully saturated rings. The van der Waals surface area contributed by atoms with Gasteiger partial charge in [-0.1, -0.05) is 20.8 Å². The highest BCUT2D eigenvalue weighted by Gasteiger charge is 2.27. The Labute approximate surface area is 161 Å². The molecule has 142 valence electrons. The van der Waals surface area contributed by atoms with E-state index in [2.05, 4.69) is 44.9 Å². The summed E-state index contributed by atoms with van der Waals surface area (Å²) in [6, 6.07) is 7.89. The summed E-state index contributed by atoms with van der Waals surface area (Å²) in [7, 11) is 0. The normalized spacial score (nSPS) is 12.1. The van der Waals surface area contributed by atoms with Crippen molar-refractivity contribution in [1.29, 1.82) is 0 Å². The van der Waals surface area contributed by atoms with Crippen molar-refractivity contribution in [2.24, 2.45) is 5.41 Å². The molecule has 0 unspecified atom stereocenters. The molecule has 0 saturated heterocycles. The zero-order valence-corrected chi connectivity index (χ0v) is 17.5. The minimum atomic E-state index is -0.233. The van der Waals surface area contributed by atoms with Crippen LogP contribution in [0.4, 0.5) is 0 Å². The van der Waals surface area contributed by atoms with Crippen LogP contribution < -0.4 is 10.1 Å². The van der Waals surface area contributed by atoms with Gasteiger partial charge in [0.05, 0.1) is 18.7 Å². The number of carbonyl (C=O) groups excluding carboxylic acids is 1. The van der Waals surface area contributed by atoms with Crippen molar-refractivity contribution >= 4 is 17.2 Å². The van der Waals surface area contributed by atoms with Crippen LogP contribution in [0.5, 0.6) is 5.75 Å². The molecule has 1 aromatic heterocycles. The second-order valence-electron chi connectivity index (χ2n) is 8.45. The van der Waals surface area contributed by atoms with E-state index in [9.17, 15) is 4.79 Å². The first-order valence-corrected chi connectivity index (χ1v) is 9.94. The van der Waals surface area contributed by atoms with Gasteiger partial charge >= 0.3 is 0 Å². The summed E-state index contributed by atoms with van der Waals surface area (Å²) in [6.07, 6.45) is 1.22. The third-order valence-corrected chi connectivity index (χ3v) is 4.70. The summed E-state index contributed by atoms with van der Waals surface area (Å²) in [5.41, 5.74) is 1.78. The molecule has 0 aliphatic carbocycles. The summed E-state index contributed by atoms with van der Waals surface area (Å²) in [6.45, 7) is 13.3. The Morgan fingerprint density at radius 1 is 1.15 bits per heavy atom. The number of amides is 1. The molecule has 0 atom stereocenters. The van der Waals surface area contributed by atoms with Crippen LogP contribution >= 0.6 is 11.3 Å². The number of ether oxygens (including phenoxy) is 1. The van der Waals surface area contributed by atoms with E-state index in [1.165, 1.54) is 0 Å². The van der Waals surface area contributed by atoms with Crippen LogP contribution in [0.3, 0.4) is 0 Å². The van der Waals surface area contributed by atoms with Gasteiger partial charge in [0.25, 0.3) is 0 Å². The van der Waals surface area contributed by atoms with Crippen molar-refractivity contribution in [2.75, 3.05) is 6.61 Å². The van der Waals surface area contributed by atoms with Gasteiger partial charge < -0.3 is 10.1 Å². The monoisotopic (exact) mass is 374 g/mol. The topological polar surface area (TPSA) is 51.2 Å². The highest BCUT2D eigenvalue weighted by atomic mass is 32.1. The maximum absolute atomic E-state index is 12.4. The van der Waals surface area contributed by atoms with Crippen molar-refractivity contribution in [3.05, 3.63) is 35.3 Å². The summed E-state index contributed by atoms with van der Waals surface area (Å²) < 4.78 is 5.47. The standard InChI is InChI=1S/C21H30N2O2S/c1-7-25-17-10-8-15(9-11-17)19-22-16(13-26-19)12-18(24)23-21(5,6)14-20(2,3)4/h8-11,13H,7,12,14H2,1-6H3,(H,23,24). The summed E-state index contributed by atoms with van der Waals surface area (Å²) in [4.78, 5) is 17.0. The second-order valence-corrected chi connectivity index (χ2v) is 9.31. The number of rotatable bonds is 7. The first-order chi connectivity index (χ1) is 12.1. The number of hydrogen-bond acceptors (Lipinski definition) is 4. The number of carbonyl (C=O) groups is 1. The lowest BCUT2D eigenvalue weighted by Gasteiger charge is -2.33. The van der Waals surface area contributed by atoms with Crippen molar-refractivity contribution in [2.45, 2.75) is 59.9 Å². The minimum Gasteiger partial charge on any atom is -0.494 e. The fourth-order valence-corrected chi connectivity index (χ4v) is 4.16. The summed E-state index contributed by atoms with van der Waals surface area (Å²) in [5.74, 6) is 0.872. The Morgan fingerprint density at radius 2 is 1.81 bits per heavy atom. The molecular formula is C21H30N2O2S.